The molecule has 0 bridgehead atoms. The molecule has 1 saturated heterocycles. The summed E-state index contributed by atoms with van der Waals surface area (Å²) in [6.07, 6.45) is 16.9. The highest BCUT2D eigenvalue weighted by Gasteiger charge is 2.62. The number of esters is 1. The lowest BCUT2D eigenvalue weighted by molar-refractivity contribution is -0.137. The molecule has 3 heterocycles. The van der Waals surface area contributed by atoms with Crippen molar-refractivity contribution in [2.75, 3.05) is 18.9 Å². The van der Waals surface area contributed by atoms with Crippen LogP contribution in [-0.4, -0.2) is 57.4 Å². The molecule has 1 N–H and O–H groups in total. The Morgan fingerprint density at radius 3 is 2.47 bits per heavy atom. The number of nitrogens with zero attached hydrogens (tertiary/aromatic N) is 4. The molecule has 0 amide bonds. The highest BCUT2D eigenvalue weighted by Crippen LogP contribution is 2.60. The fourth-order valence-electron chi connectivity index (χ4n) is 8.56. The third-order valence-corrected chi connectivity index (χ3v) is 11.4. The fourth-order valence-corrected chi connectivity index (χ4v) is 8.56. The molecule has 1 saturated carbocycles. The van der Waals surface area contributed by atoms with Gasteiger partial charge in [0.05, 0.1) is 18.3 Å². The van der Waals surface area contributed by atoms with E-state index in [-0.39, 0.29) is 11.2 Å². The molecule has 4 atom stereocenters. The van der Waals surface area contributed by atoms with Crippen LogP contribution >= 0.6 is 0 Å². The van der Waals surface area contributed by atoms with Gasteiger partial charge in [-0.3, -0.25) is 9.48 Å². The highest BCUT2D eigenvalue weighted by molar-refractivity contribution is 5.93. The predicted molar refractivity (Wildman–Crippen MR) is 192 cm³/mol. The number of unbranched alkanes of at least 4 members (excludes halogenated alkanes) is 9. The average Bonchev–Trinajstić information content (AvgIpc) is 3.72. The Morgan fingerprint density at radius 2 is 1.73 bits per heavy atom. The number of carbonyl (C=O) groups is 2. The molecule has 49 heavy (non-hydrogen) atoms. The first-order chi connectivity index (χ1) is 23.8. The van der Waals surface area contributed by atoms with Crippen LogP contribution in [0.1, 0.15) is 124 Å². The van der Waals surface area contributed by atoms with E-state index in [1.54, 1.807) is 18.2 Å². The molecule has 2 aromatic carbocycles. The van der Waals surface area contributed by atoms with Crippen molar-refractivity contribution in [1.29, 1.82) is 0 Å². The van der Waals surface area contributed by atoms with Gasteiger partial charge < -0.3 is 19.7 Å². The van der Waals surface area contributed by atoms with Gasteiger partial charge in [0.2, 0.25) is 0 Å². The van der Waals surface area contributed by atoms with Crippen LogP contribution in [0.3, 0.4) is 0 Å². The summed E-state index contributed by atoms with van der Waals surface area (Å²) in [4.78, 5) is 29.0. The lowest BCUT2D eigenvalue weighted by Gasteiger charge is -2.53. The summed E-state index contributed by atoms with van der Waals surface area (Å²) in [5.41, 5.74) is 3.96. The molecule has 0 radical (unpaired) electrons. The van der Waals surface area contributed by atoms with Gasteiger partial charge in [-0.25, -0.2) is 4.79 Å². The molecular weight excluding hydrogens is 614 g/mol. The van der Waals surface area contributed by atoms with Gasteiger partial charge in [-0.1, -0.05) is 76.0 Å². The van der Waals surface area contributed by atoms with E-state index < -0.39 is 12.1 Å². The van der Waals surface area contributed by atoms with E-state index in [2.05, 4.69) is 48.3 Å². The van der Waals surface area contributed by atoms with Crippen molar-refractivity contribution in [2.45, 2.75) is 135 Å². The Kier molecular flexibility index (Phi) is 11.4. The largest absolute Gasteiger partial charge is 0.477 e. The second-order valence-corrected chi connectivity index (χ2v) is 14.7. The average molecular weight is 670 g/mol. The van der Waals surface area contributed by atoms with Crippen LogP contribution < -0.4 is 14.8 Å². The number of hydrogen-bond donors (Lipinski definition) is 1. The molecule has 2 fully saturated rings. The number of likely N-dealkylation sites (tertiary alicyclic amines) is 1. The van der Waals surface area contributed by atoms with Crippen molar-refractivity contribution in [3.05, 3.63) is 65.0 Å². The molecule has 6 rings (SSSR count). The predicted octanol–water partition coefficient (Wildman–Crippen LogP) is 8.04. The second-order valence-electron chi connectivity index (χ2n) is 14.7. The van der Waals surface area contributed by atoms with Gasteiger partial charge in [-0.05, 0) is 88.5 Å². The standard InChI is InChI=1S/C40H55N5O4/c1-5-6-7-8-9-10-11-12-13-14-24-45-27-32(42-43-45)26-41-31-18-16-30(17-19-31)39(47)48-35-22-15-28(2)36-37(35)49-38-34(46)21-20-33-29(3)44(4)25-23-40(33,36)38/h15-19,22,27,29,33,38,41H,5-14,20-21,23-26H2,1-4H3/t29?,33?,38-,40-/m0/s1. The van der Waals surface area contributed by atoms with E-state index >= 15 is 0 Å². The smallest absolute Gasteiger partial charge is 0.343 e. The number of Topliss-reactive ketones (excluding diaryl/α,β-unsaturated/α-hetero) is 1. The van der Waals surface area contributed by atoms with E-state index in [1.165, 1.54) is 57.8 Å². The number of aryl methyl sites for hydroxylation is 2. The van der Waals surface area contributed by atoms with Crippen molar-refractivity contribution in [2.24, 2.45) is 5.92 Å². The highest BCUT2D eigenvalue weighted by atomic mass is 16.6. The Bertz CT molecular complexity index is 1590. The Hall–Kier alpha value is -3.72. The third-order valence-electron chi connectivity index (χ3n) is 11.4. The van der Waals surface area contributed by atoms with Crippen molar-refractivity contribution in [1.82, 2.24) is 19.9 Å². The molecule has 1 spiro atoms. The molecule has 3 aliphatic rings. The topological polar surface area (TPSA) is 98.6 Å². The Morgan fingerprint density at radius 1 is 1.02 bits per heavy atom. The number of aromatic nitrogens is 3. The van der Waals surface area contributed by atoms with Crippen LogP contribution in [-0.2, 0) is 23.3 Å². The van der Waals surface area contributed by atoms with Crippen LogP contribution in [0.2, 0.25) is 0 Å². The number of piperidine rings is 1. The first kappa shape index (κ1) is 35.1. The molecule has 2 unspecified atom stereocenters. The molecule has 264 valence electrons. The minimum atomic E-state index is -0.525. The summed E-state index contributed by atoms with van der Waals surface area (Å²) in [6, 6.07) is 11.4. The Labute approximate surface area is 292 Å². The Balaban J connectivity index is 1.00. The molecule has 9 heteroatoms. The van der Waals surface area contributed by atoms with Gasteiger partial charge in [-0.15, -0.1) is 5.10 Å². The van der Waals surface area contributed by atoms with Crippen molar-refractivity contribution < 1.29 is 19.1 Å². The van der Waals surface area contributed by atoms with Gasteiger partial charge in [0.15, 0.2) is 23.4 Å². The van der Waals surface area contributed by atoms with Crippen LogP contribution in [0, 0.1) is 12.8 Å². The van der Waals surface area contributed by atoms with Gasteiger partial charge in [0, 0.05) is 35.7 Å². The number of hydrogen-bond acceptors (Lipinski definition) is 8. The summed E-state index contributed by atoms with van der Waals surface area (Å²) in [6.45, 7) is 8.94. The first-order valence-electron chi connectivity index (χ1n) is 18.8. The van der Waals surface area contributed by atoms with Crippen molar-refractivity contribution in [3.63, 3.8) is 0 Å². The number of ether oxygens (including phenoxy) is 2. The summed E-state index contributed by atoms with van der Waals surface area (Å²) in [5, 5.41) is 12.0. The van der Waals surface area contributed by atoms with E-state index in [0.717, 1.165) is 54.9 Å². The molecular formula is C40H55N5O4. The quantitative estimate of drug-likeness (QED) is 0.0930. The summed E-state index contributed by atoms with van der Waals surface area (Å²) in [7, 11) is 2.16. The fraction of sp³-hybridized carbons (Fsp3) is 0.600. The number of nitrogens with one attached hydrogen (secondary N) is 1. The maximum absolute atomic E-state index is 13.4. The number of ketones is 1. The van der Waals surface area contributed by atoms with Crippen molar-refractivity contribution in [3.8, 4) is 11.5 Å². The summed E-state index contributed by atoms with van der Waals surface area (Å²) >= 11 is 0. The van der Waals surface area contributed by atoms with Crippen LogP contribution in [0.4, 0.5) is 5.69 Å². The van der Waals surface area contributed by atoms with E-state index in [4.69, 9.17) is 9.47 Å². The second kappa shape index (κ2) is 15.9. The summed E-state index contributed by atoms with van der Waals surface area (Å²) in [5.74, 6) is 0.947. The third kappa shape index (κ3) is 7.57. The zero-order valence-corrected chi connectivity index (χ0v) is 30.0. The van der Waals surface area contributed by atoms with Gasteiger partial charge in [0.1, 0.15) is 5.69 Å². The normalized spacial score (nSPS) is 23.0. The molecule has 1 aromatic heterocycles. The maximum atomic E-state index is 13.4. The molecule has 2 aliphatic heterocycles. The number of fused-ring (bicyclic) bond motifs is 1. The zero-order valence-electron chi connectivity index (χ0n) is 30.0. The molecule has 3 aromatic rings. The molecule has 9 nitrogen and oxygen atoms in total. The monoisotopic (exact) mass is 669 g/mol. The van der Waals surface area contributed by atoms with E-state index in [9.17, 15) is 9.59 Å². The van der Waals surface area contributed by atoms with Gasteiger partial charge in [-0.2, -0.15) is 0 Å². The van der Waals surface area contributed by atoms with Crippen LogP contribution in [0.5, 0.6) is 11.5 Å². The number of benzene rings is 2. The minimum absolute atomic E-state index is 0.153. The van der Waals surface area contributed by atoms with Gasteiger partial charge >= 0.3 is 5.97 Å². The summed E-state index contributed by atoms with van der Waals surface area (Å²) < 4.78 is 14.4. The zero-order chi connectivity index (χ0) is 34.4. The maximum Gasteiger partial charge on any atom is 0.343 e. The SMILES string of the molecule is CCCCCCCCCCCCn1cc(CNc2ccc(C(=O)Oc3ccc(C)c4c3O[C@H]3C(=O)CCC5C(C)N(C)CC[C@@]453)cc2)nn1. The molecule has 1 aliphatic carbocycles. The number of rotatable bonds is 16. The first-order valence-corrected chi connectivity index (χ1v) is 18.8. The van der Waals surface area contributed by atoms with Crippen LogP contribution in [0.25, 0.3) is 0 Å². The number of carbonyl (C=O) groups excluding carboxylic acids is 2. The number of anilines is 1. The van der Waals surface area contributed by atoms with E-state index in [0.29, 0.717) is 42.0 Å². The lowest BCUT2D eigenvalue weighted by Crippen LogP contribution is -2.62. The van der Waals surface area contributed by atoms with Crippen molar-refractivity contribution >= 4 is 17.4 Å². The lowest BCUT2D eigenvalue weighted by atomic mass is 9.55. The van der Waals surface area contributed by atoms with Gasteiger partial charge in [0.25, 0.3) is 0 Å². The minimum Gasteiger partial charge on any atom is -0.477 e. The van der Waals surface area contributed by atoms with E-state index in [1.807, 2.05) is 29.1 Å². The van der Waals surface area contributed by atoms with Crippen LogP contribution in [0.15, 0.2) is 42.6 Å².